The lowest BCUT2D eigenvalue weighted by Gasteiger charge is -2.43. The van der Waals surface area contributed by atoms with Crippen molar-refractivity contribution >= 4 is 44.7 Å². The van der Waals surface area contributed by atoms with E-state index in [1.807, 2.05) is 4.90 Å². The SMILES string of the molecule is Cc1cc(Nc2ncnc3sc4c(c23)CC[C@H](C(=O)N2CCN(C)[C@H](C)C2)C4)c(=O)n2c1C(=O)CC21CCC(O)(C(F)(F)F)CC1. The Labute approximate surface area is 267 Å². The van der Waals surface area contributed by atoms with Crippen LogP contribution in [0.4, 0.5) is 24.7 Å². The number of aliphatic hydroxyl groups is 1. The molecule has 0 unspecified atom stereocenters. The van der Waals surface area contributed by atoms with Crippen LogP contribution in [0.1, 0.15) is 71.9 Å². The highest BCUT2D eigenvalue weighted by Crippen LogP contribution is 2.51. The summed E-state index contributed by atoms with van der Waals surface area (Å²) in [5, 5.41) is 14.3. The molecule has 4 aliphatic rings. The number of thiophene rings is 1. The first-order valence-electron chi connectivity index (χ1n) is 15.8. The van der Waals surface area contributed by atoms with Crippen LogP contribution in [0.25, 0.3) is 10.2 Å². The average molecular weight is 659 g/mol. The third kappa shape index (κ3) is 4.86. The van der Waals surface area contributed by atoms with Gasteiger partial charge in [0.25, 0.3) is 5.56 Å². The Hall–Kier alpha value is -3.36. The largest absolute Gasteiger partial charge is 0.417 e. The summed E-state index contributed by atoms with van der Waals surface area (Å²) in [7, 11) is 2.08. The van der Waals surface area contributed by atoms with Crippen LogP contribution in [0.2, 0.25) is 0 Å². The van der Waals surface area contributed by atoms with Gasteiger partial charge in [0, 0.05) is 42.9 Å². The van der Waals surface area contributed by atoms with Gasteiger partial charge in [-0.05, 0) is 83.0 Å². The minimum absolute atomic E-state index is 0.0802. The molecule has 1 amide bonds. The Morgan fingerprint density at radius 3 is 2.59 bits per heavy atom. The van der Waals surface area contributed by atoms with Crippen molar-refractivity contribution < 1.29 is 27.9 Å². The molecule has 14 heteroatoms. The molecule has 10 nitrogen and oxygen atoms in total. The number of nitrogens with zero attached hydrogens (tertiary/aromatic N) is 5. The van der Waals surface area contributed by atoms with Crippen LogP contribution in [-0.4, -0.2) is 85.6 Å². The van der Waals surface area contributed by atoms with Crippen molar-refractivity contribution in [1.29, 1.82) is 0 Å². The third-order valence-electron chi connectivity index (χ3n) is 10.9. The maximum absolute atomic E-state index is 14.0. The maximum Gasteiger partial charge on any atom is 0.417 e. The highest BCUT2D eigenvalue weighted by molar-refractivity contribution is 7.19. The topological polar surface area (TPSA) is 121 Å². The monoisotopic (exact) mass is 658 g/mol. The Morgan fingerprint density at radius 1 is 1.15 bits per heavy atom. The number of aryl methyl sites for hydroxylation is 2. The second-order valence-electron chi connectivity index (χ2n) is 13.7. The number of alkyl halides is 3. The van der Waals surface area contributed by atoms with Crippen molar-refractivity contribution in [3.8, 4) is 0 Å². The number of halogens is 3. The van der Waals surface area contributed by atoms with E-state index >= 15 is 0 Å². The maximum atomic E-state index is 14.0. The van der Waals surface area contributed by atoms with Gasteiger partial charge in [-0.15, -0.1) is 11.3 Å². The number of pyridine rings is 1. The number of aromatic nitrogens is 3. The molecule has 0 radical (unpaired) electrons. The Kier molecular flexibility index (Phi) is 7.37. The number of ketones is 1. The molecule has 5 heterocycles. The van der Waals surface area contributed by atoms with Gasteiger partial charge >= 0.3 is 6.18 Å². The average Bonchev–Trinajstić information content (AvgIpc) is 3.53. The van der Waals surface area contributed by atoms with Gasteiger partial charge in [-0.1, -0.05) is 0 Å². The molecule has 1 spiro atoms. The van der Waals surface area contributed by atoms with E-state index in [0.29, 0.717) is 36.7 Å². The van der Waals surface area contributed by atoms with E-state index in [9.17, 15) is 32.7 Å². The number of Topliss-reactive ketones (excluding diaryl/α,β-unsaturated/α-hetero) is 1. The van der Waals surface area contributed by atoms with Crippen molar-refractivity contribution in [3.63, 3.8) is 0 Å². The molecule has 3 aromatic rings. The van der Waals surface area contributed by atoms with Gasteiger partial charge in [-0.2, -0.15) is 13.2 Å². The normalized spacial score (nSPS) is 28.5. The summed E-state index contributed by atoms with van der Waals surface area (Å²) >= 11 is 1.53. The number of likely N-dealkylation sites (N-methyl/N-ethyl adjacent to an activating group) is 1. The highest BCUT2D eigenvalue weighted by Gasteiger charge is 2.59. The summed E-state index contributed by atoms with van der Waals surface area (Å²) in [4.78, 5) is 55.7. The van der Waals surface area contributed by atoms with Gasteiger partial charge in [0.15, 0.2) is 11.4 Å². The summed E-state index contributed by atoms with van der Waals surface area (Å²) < 4.78 is 42.1. The molecule has 3 aromatic heterocycles. The number of piperazine rings is 1. The van der Waals surface area contributed by atoms with Crippen LogP contribution in [0, 0.1) is 12.8 Å². The second-order valence-corrected chi connectivity index (χ2v) is 14.8. The zero-order valence-electron chi connectivity index (χ0n) is 26.0. The number of anilines is 2. The van der Waals surface area contributed by atoms with E-state index in [1.54, 1.807) is 13.0 Å². The molecule has 2 aliphatic carbocycles. The number of carbonyl (C=O) groups is 2. The van der Waals surface area contributed by atoms with Crippen LogP contribution in [0.3, 0.4) is 0 Å². The number of hydrogen-bond acceptors (Lipinski definition) is 9. The van der Waals surface area contributed by atoms with Gasteiger partial charge in [-0.3, -0.25) is 19.0 Å². The molecule has 46 heavy (non-hydrogen) atoms. The van der Waals surface area contributed by atoms with E-state index in [2.05, 4.69) is 34.2 Å². The zero-order chi connectivity index (χ0) is 32.8. The van der Waals surface area contributed by atoms with Crippen molar-refractivity contribution in [2.45, 2.75) is 88.6 Å². The highest BCUT2D eigenvalue weighted by atomic mass is 32.1. The molecule has 2 fully saturated rings. The summed E-state index contributed by atoms with van der Waals surface area (Å²) in [5.74, 6) is 0.230. The molecular weight excluding hydrogens is 621 g/mol. The first-order valence-corrected chi connectivity index (χ1v) is 16.6. The van der Waals surface area contributed by atoms with E-state index in [1.165, 1.54) is 22.2 Å². The molecule has 246 valence electrons. The van der Waals surface area contributed by atoms with E-state index < -0.39 is 35.7 Å². The molecule has 1 saturated carbocycles. The fourth-order valence-electron chi connectivity index (χ4n) is 7.96. The zero-order valence-corrected chi connectivity index (χ0v) is 26.9. The predicted octanol–water partition coefficient (Wildman–Crippen LogP) is 4.32. The number of fused-ring (bicyclic) bond motifs is 5. The number of carbonyl (C=O) groups excluding carboxylic acids is 2. The quantitative estimate of drug-likeness (QED) is 0.427. The van der Waals surface area contributed by atoms with Gasteiger partial charge in [0.2, 0.25) is 5.91 Å². The molecule has 2 atom stereocenters. The molecular formula is C32H37F3N6O4S. The first kappa shape index (κ1) is 31.3. The van der Waals surface area contributed by atoms with E-state index in [0.717, 1.165) is 40.3 Å². The summed E-state index contributed by atoms with van der Waals surface area (Å²) in [6.07, 6.45) is -2.94. The second kappa shape index (κ2) is 10.8. The molecule has 0 aromatic carbocycles. The number of rotatable bonds is 3. The number of hydrogen-bond donors (Lipinski definition) is 2. The van der Waals surface area contributed by atoms with Crippen LogP contribution in [0.15, 0.2) is 17.2 Å². The third-order valence-corrected chi connectivity index (χ3v) is 12.0. The lowest BCUT2D eigenvalue weighted by molar-refractivity contribution is -0.274. The van der Waals surface area contributed by atoms with Crippen LogP contribution >= 0.6 is 11.3 Å². The van der Waals surface area contributed by atoms with Crippen molar-refractivity contribution in [2.24, 2.45) is 5.92 Å². The minimum Gasteiger partial charge on any atom is -0.380 e. The van der Waals surface area contributed by atoms with Gasteiger partial charge in [-0.25, -0.2) is 9.97 Å². The lowest BCUT2D eigenvalue weighted by Crippen LogP contribution is -2.53. The Morgan fingerprint density at radius 2 is 1.89 bits per heavy atom. The Balaban J connectivity index is 1.19. The van der Waals surface area contributed by atoms with E-state index in [-0.39, 0.29) is 48.3 Å². The van der Waals surface area contributed by atoms with Gasteiger partial charge in [0.1, 0.15) is 22.7 Å². The molecule has 7 rings (SSSR count). The smallest absolute Gasteiger partial charge is 0.380 e. The lowest BCUT2D eigenvalue weighted by atomic mass is 9.72. The predicted molar refractivity (Wildman–Crippen MR) is 167 cm³/mol. The van der Waals surface area contributed by atoms with Crippen LogP contribution in [0.5, 0.6) is 0 Å². The molecule has 2 N–H and O–H groups in total. The van der Waals surface area contributed by atoms with Crippen LogP contribution in [-0.2, 0) is 23.2 Å². The first-order chi connectivity index (χ1) is 21.7. The van der Waals surface area contributed by atoms with Crippen molar-refractivity contribution in [2.75, 3.05) is 32.0 Å². The van der Waals surface area contributed by atoms with E-state index in [4.69, 9.17) is 0 Å². The standard InChI is InChI=1S/C32H37F3N6O4S/c1-17-12-21(29(44)41-25(17)22(42)14-30(41)6-8-31(45,9-7-30)32(33,34)35)38-26-24-20-5-4-19(13-23(20)46-27(24)37-16-36-26)28(43)40-11-10-39(3)18(2)15-40/h12,16,18-19,45H,4-11,13-15H2,1-3H3,(H,36,37,38)/t18-,19+,30?,31?/m1/s1. The fraction of sp³-hybridized carbons (Fsp3) is 0.594. The van der Waals surface area contributed by atoms with Crippen molar-refractivity contribution in [1.82, 2.24) is 24.3 Å². The summed E-state index contributed by atoms with van der Waals surface area (Å²) in [6.45, 7) is 6.14. The molecule has 2 aliphatic heterocycles. The molecule has 1 saturated heterocycles. The minimum atomic E-state index is -4.79. The number of amides is 1. The summed E-state index contributed by atoms with van der Waals surface area (Å²) in [5.41, 5.74) is -2.50. The molecule has 0 bridgehead atoms. The van der Waals surface area contributed by atoms with Gasteiger partial charge in [0.05, 0.1) is 16.6 Å². The Bertz CT molecular complexity index is 1810. The van der Waals surface area contributed by atoms with Gasteiger partial charge < -0.3 is 20.2 Å². The number of nitrogens with one attached hydrogen (secondary N) is 1. The van der Waals surface area contributed by atoms with Crippen molar-refractivity contribution in [3.05, 3.63) is 44.4 Å². The van der Waals surface area contributed by atoms with Crippen LogP contribution < -0.4 is 10.9 Å². The summed E-state index contributed by atoms with van der Waals surface area (Å²) in [6, 6.07) is 1.91. The fourth-order valence-corrected chi connectivity index (χ4v) is 9.22.